The van der Waals surface area contributed by atoms with E-state index in [1.165, 1.54) is 18.4 Å². The second-order valence-corrected chi connectivity index (χ2v) is 6.97. The fourth-order valence-corrected chi connectivity index (χ4v) is 3.54. The van der Waals surface area contributed by atoms with Crippen molar-refractivity contribution in [2.24, 2.45) is 0 Å². The standard InChI is InChI=1S/C15H16Br2N2O2/c1-9-4-12(19-21-9)8-20-15-13(16)5-10(6-14(15)17)7-18-11-2-3-11/h4-6,11,18H,2-3,7-8H2,1H3. The Labute approximate surface area is 140 Å². The van der Waals surface area contributed by atoms with Crippen LogP contribution in [0.2, 0.25) is 0 Å². The van der Waals surface area contributed by atoms with Crippen LogP contribution in [0.15, 0.2) is 31.7 Å². The van der Waals surface area contributed by atoms with Gasteiger partial charge in [0.1, 0.15) is 23.8 Å². The van der Waals surface area contributed by atoms with Gasteiger partial charge in [0.15, 0.2) is 0 Å². The van der Waals surface area contributed by atoms with Crippen LogP contribution in [0.4, 0.5) is 0 Å². The van der Waals surface area contributed by atoms with Crippen molar-refractivity contribution < 1.29 is 9.26 Å². The fourth-order valence-electron chi connectivity index (χ4n) is 2.03. The molecule has 4 nitrogen and oxygen atoms in total. The van der Waals surface area contributed by atoms with Crippen LogP contribution >= 0.6 is 31.9 Å². The number of aromatic nitrogens is 1. The minimum Gasteiger partial charge on any atom is -0.485 e. The van der Waals surface area contributed by atoms with E-state index in [9.17, 15) is 0 Å². The molecule has 0 spiro atoms. The predicted octanol–water partition coefficient (Wildman–Crippen LogP) is 4.34. The third kappa shape index (κ3) is 4.08. The van der Waals surface area contributed by atoms with Gasteiger partial charge in [-0.1, -0.05) is 5.16 Å². The molecule has 1 aliphatic rings. The monoisotopic (exact) mass is 414 g/mol. The Morgan fingerprint density at radius 3 is 2.57 bits per heavy atom. The first-order chi connectivity index (χ1) is 10.1. The molecule has 0 aliphatic heterocycles. The Bertz CT molecular complexity index is 615. The molecule has 112 valence electrons. The summed E-state index contributed by atoms with van der Waals surface area (Å²) in [6.07, 6.45) is 2.58. The molecule has 1 aromatic heterocycles. The summed E-state index contributed by atoms with van der Waals surface area (Å²) < 4.78 is 12.7. The van der Waals surface area contributed by atoms with Crippen LogP contribution in [0.1, 0.15) is 29.9 Å². The molecule has 1 aliphatic carbocycles. The van der Waals surface area contributed by atoms with E-state index in [4.69, 9.17) is 9.26 Å². The maximum absolute atomic E-state index is 5.82. The van der Waals surface area contributed by atoms with Crippen LogP contribution in [0, 0.1) is 6.92 Å². The number of hydrogen-bond donors (Lipinski definition) is 1. The molecule has 0 saturated heterocycles. The van der Waals surface area contributed by atoms with E-state index >= 15 is 0 Å². The minimum atomic E-state index is 0.383. The Balaban J connectivity index is 1.66. The number of nitrogens with zero attached hydrogens (tertiary/aromatic N) is 1. The van der Waals surface area contributed by atoms with Crippen LogP contribution in [0.25, 0.3) is 0 Å². The Morgan fingerprint density at radius 2 is 2.00 bits per heavy atom. The van der Waals surface area contributed by atoms with Crippen molar-refractivity contribution in [1.29, 1.82) is 0 Å². The lowest BCUT2D eigenvalue weighted by Crippen LogP contribution is -2.15. The van der Waals surface area contributed by atoms with Gasteiger partial charge in [-0.3, -0.25) is 0 Å². The van der Waals surface area contributed by atoms with Gasteiger partial charge in [-0.15, -0.1) is 0 Å². The highest BCUT2D eigenvalue weighted by molar-refractivity contribution is 9.11. The third-order valence-electron chi connectivity index (χ3n) is 3.27. The van der Waals surface area contributed by atoms with E-state index < -0.39 is 0 Å². The largest absolute Gasteiger partial charge is 0.485 e. The van der Waals surface area contributed by atoms with Crippen LogP contribution in [0.3, 0.4) is 0 Å². The van der Waals surface area contributed by atoms with Crippen LogP contribution in [-0.4, -0.2) is 11.2 Å². The van der Waals surface area contributed by atoms with Gasteiger partial charge in [0.25, 0.3) is 0 Å². The van der Waals surface area contributed by atoms with Crippen molar-refractivity contribution in [2.45, 2.75) is 39.0 Å². The highest BCUT2D eigenvalue weighted by atomic mass is 79.9. The van der Waals surface area contributed by atoms with Crippen molar-refractivity contribution >= 4 is 31.9 Å². The fraction of sp³-hybridized carbons (Fsp3) is 0.400. The highest BCUT2D eigenvalue weighted by Gasteiger charge is 2.20. The molecule has 21 heavy (non-hydrogen) atoms. The van der Waals surface area contributed by atoms with Crippen LogP contribution in [0.5, 0.6) is 5.75 Å². The topological polar surface area (TPSA) is 47.3 Å². The summed E-state index contributed by atoms with van der Waals surface area (Å²) in [5.41, 5.74) is 2.01. The van der Waals surface area contributed by atoms with Crippen molar-refractivity contribution in [3.05, 3.63) is 44.2 Å². The van der Waals surface area contributed by atoms with E-state index in [0.29, 0.717) is 12.6 Å². The van der Waals surface area contributed by atoms with Crippen molar-refractivity contribution in [3.8, 4) is 5.75 Å². The number of ether oxygens (including phenoxy) is 1. The second kappa shape index (κ2) is 6.50. The van der Waals surface area contributed by atoms with E-state index in [0.717, 1.165) is 32.7 Å². The van der Waals surface area contributed by atoms with Gasteiger partial charge in [-0.2, -0.15) is 0 Å². The van der Waals surface area contributed by atoms with Gasteiger partial charge in [0.2, 0.25) is 0 Å². The number of aryl methyl sites for hydroxylation is 1. The summed E-state index contributed by atoms with van der Waals surface area (Å²) in [7, 11) is 0. The van der Waals surface area contributed by atoms with Crippen molar-refractivity contribution in [2.75, 3.05) is 0 Å². The van der Waals surface area contributed by atoms with E-state index in [-0.39, 0.29) is 0 Å². The van der Waals surface area contributed by atoms with E-state index in [2.05, 4.69) is 54.5 Å². The number of nitrogens with one attached hydrogen (secondary N) is 1. The summed E-state index contributed by atoms with van der Waals surface area (Å²) >= 11 is 7.15. The summed E-state index contributed by atoms with van der Waals surface area (Å²) in [5.74, 6) is 1.57. The zero-order chi connectivity index (χ0) is 14.8. The summed E-state index contributed by atoms with van der Waals surface area (Å²) in [6, 6.07) is 6.75. The average Bonchev–Trinajstić information content (AvgIpc) is 3.17. The smallest absolute Gasteiger partial charge is 0.148 e. The molecule has 6 heteroatoms. The van der Waals surface area contributed by atoms with Gasteiger partial charge in [0.05, 0.1) is 8.95 Å². The second-order valence-electron chi connectivity index (χ2n) is 5.26. The molecule has 3 rings (SSSR count). The molecule has 1 heterocycles. The lowest BCUT2D eigenvalue weighted by molar-refractivity contribution is 0.284. The molecule has 0 amide bonds. The van der Waals surface area contributed by atoms with Gasteiger partial charge in [-0.05, 0) is 69.3 Å². The maximum Gasteiger partial charge on any atom is 0.148 e. The SMILES string of the molecule is Cc1cc(COc2c(Br)cc(CNC3CC3)cc2Br)no1. The molecule has 0 atom stereocenters. The summed E-state index contributed by atoms with van der Waals surface area (Å²) in [5, 5.41) is 7.43. The molecule has 0 radical (unpaired) electrons. The molecule has 1 fully saturated rings. The van der Waals surface area contributed by atoms with Gasteiger partial charge < -0.3 is 14.6 Å². The highest BCUT2D eigenvalue weighted by Crippen LogP contribution is 2.35. The predicted molar refractivity (Wildman–Crippen MR) is 87.3 cm³/mol. The minimum absolute atomic E-state index is 0.383. The van der Waals surface area contributed by atoms with E-state index in [1.54, 1.807) is 0 Å². The van der Waals surface area contributed by atoms with Crippen molar-refractivity contribution in [3.63, 3.8) is 0 Å². The molecule has 0 bridgehead atoms. The van der Waals surface area contributed by atoms with Gasteiger partial charge in [-0.25, -0.2) is 0 Å². The van der Waals surface area contributed by atoms with Crippen molar-refractivity contribution in [1.82, 2.24) is 10.5 Å². The van der Waals surface area contributed by atoms with Crippen LogP contribution in [-0.2, 0) is 13.2 Å². The number of halogens is 2. The number of hydrogen-bond acceptors (Lipinski definition) is 4. The molecular formula is C15H16Br2N2O2. The average molecular weight is 416 g/mol. The molecule has 1 saturated carbocycles. The number of rotatable bonds is 6. The van der Waals surface area contributed by atoms with Gasteiger partial charge in [0, 0.05) is 18.7 Å². The first kappa shape index (κ1) is 15.1. The zero-order valence-electron chi connectivity index (χ0n) is 11.7. The quantitative estimate of drug-likeness (QED) is 0.762. The Kier molecular flexibility index (Phi) is 4.66. The summed E-state index contributed by atoms with van der Waals surface area (Å²) in [6.45, 7) is 3.13. The molecule has 1 N–H and O–H groups in total. The molecule has 0 unspecified atom stereocenters. The first-order valence-corrected chi connectivity index (χ1v) is 8.46. The molecule has 2 aromatic rings. The lowest BCUT2D eigenvalue weighted by Gasteiger charge is -2.12. The Morgan fingerprint density at radius 1 is 1.29 bits per heavy atom. The third-order valence-corrected chi connectivity index (χ3v) is 4.45. The molecule has 1 aromatic carbocycles. The van der Waals surface area contributed by atoms with Gasteiger partial charge >= 0.3 is 0 Å². The first-order valence-electron chi connectivity index (χ1n) is 6.88. The normalized spacial score (nSPS) is 14.4. The zero-order valence-corrected chi connectivity index (χ0v) is 14.8. The van der Waals surface area contributed by atoms with Crippen LogP contribution < -0.4 is 10.1 Å². The lowest BCUT2D eigenvalue weighted by atomic mass is 10.2. The van der Waals surface area contributed by atoms with E-state index in [1.807, 2.05) is 13.0 Å². The molecular weight excluding hydrogens is 400 g/mol. The number of benzene rings is 1. The summed E-state index contributed by atoms with van der Waals surface area (Å²) in [4.78, 5) is 0. The maximum atomic E-state index is 5.82. The Hall–Kier alpha value is -0.850.